The smallest absolute Gasteiger partial charge is 0.454 e. The van der Waals surface area contributed by atoms with E-state index in [9.17, 15) is 13.6 Å². The minimum Gasteiger partial charge on any atom is -0.454 e. The number of aromatic nitrogens is 2. The van der Waals surface area contributed by atoms with Crippen LogP contribution in [-0.2, 0) is 17.7 Å². The summed E-state index contributed by atoms with van der Waals surface area (Å²) in [6.45, 7) is 3.88. The maximum Gasteiger partial charge on any atom is 0.506 e. The highest BCUT2D eigenvalue weighted by Crippen LogP contribution is 2.35. The Balaban J connectivity index is 1.27. The number of aryl methyl sites for hydroxylation is 1. The topological polar surface area (TPSA) is 97.9 Å². The molecule has 0 radical (unpaired) electrons. The Morgan fingerprint density at radius 1 is 1.22 bits per heavy atom. The van der Waals surface area contributed by atoms with Crippen LogP contribution in [0.2, 0.25) is 0 Å². The van der Waals surface area contributed by atoms with E-state index in [4.69, 9.17) is 19.1 Å². The molecule has 0 amide bonds. The average molecular weight is 514 g/mol. The fourth-order valence-corrected chi connectivity index (χ4v) is 5.11. The molecule has 186 valence electrons. The van der Waals surface area contributed by atoms with Crippen LogP contribution in [0.1, 0.15) is 17.4 Å². The van der Waals surface area contributed by atoms with E-state index in [0.717, 1.165) is 27.8 Å². The van der Waals surface area contributed by atoms with Crippen molar-refractivity contribution in [2.45, 2.75) is 26.0 Å². The van der Waals surface area contributed by atoms with Crippen LogP contribution in [0.25, 0.3) is 22.2 Å². The predicted octanol–water partition coefficient (Wildman–Crippen LogP) is 5.98. The Morgan fingerprint density at radius 2 is 2.00 bits per heavy atom. The molecular formula is C25H21F2N3O5S. The number of carbonyl (C=O) groups is 1. The first-order valence-electron chi connectivity index (χ1n) is 11.2. The third-order valence-corrected chi connectivity index (χ3v) is 6.84. The molecule has 0 saturated carbocycles. The van der Waals surface area contributed by atoms with Crippen LogP contribution < -0.4 is 4.74 Å². The molecule has 1 fully saturated rings. The van der Waals surface area contributed by atoms with Crippen LogP contribution in [0, 0.1) is 11.6 Å². The highest BCUT2D eigenvalue weighted by Gasteiger charge is 2.30. The fraction of sp³-hybridized carbons (Fsp3) is 0.240. The van der Waals surface area contributed by atoms with Gasteiger partial charge in [0.15, 0.2) is 11.6 Å². The Hall–Kier alpha value is -3.83. The molecule has 0 aliphatic carbocycles. The molecule has 5 rings (SSSR count). The Labute approximate surface area is 208 Å². The van der Waals surface area contributed by atoms with Crippen LogP contribution in [0.15, 0.2) is 53.1 Å². The van der Waals surface area contributed by atoms with Crippen LogP contribution in [0.3, 0.4) is 0 Å². The first-order chi connectivity index (χ1) is 17.4. The standard InChI is InChI=1S/C25H21F2N3O5S/c1-2-14-10-18(13-30-11-17(12-30)34-25(31)32)36-22(14)23-28-24(35-29-23)15-6-8-16(9-7-15)33-20-5-3-4-19(26)21(20)27/h3-10,17H,2,11-13H2,1H3,(H,31,32). The van der Waals surface area contributed by atoms with Gasteiger partial charge in [0, 0.05) is 30.1 Å². The summed E-state index contributed by atoms with van der Waals surface area (Å²) in [5, 5.41) is 12.9. The first-order valence-corrected chi connectivity index (χ1v) is 12.0. The zero-order valence-electron chi connectivity index (χ0n) is 19.1. The van der Waals surface area contributed by atoms with E-state index in [2.05, 4.69) is 28.0 Å². The number of ether oxygens (including phenoxy) is 2. The zero-order valence-corrected chi connectivity index (χ0v) is 19.9. The van der Waals surface area contributed by atoms with Gasteiger partial charge < -0.3 is 19.1 Å². The van der Waals surface area contributed by atoms with Gasteiger partial charge in [0.1, 0.15) is 11.9 Å². The molecule has 36 heavy (non-hydrogen) atoms. The van der Waals surface area contributed by atoms with E-state index in [1.54, 1.807) is 35.6 Å². The first kappa shape index (κ1) is 23.9. The Bertz CT molecular complexity index is 1380. The number of benzene rings is 2. The summed E-state index contributed by atoms with van der Waals surface area (Å²) in [6, 6.07) is 12.5. The van der Waals surface area contributed by atoms with E-state index in [1.807, 2.05) is 0 Å². The molecule has 1 saturated heterocycles. The van der Waals surface area contributed by atoms with Crippen molar-refractivity contribution in [3.63, 3.8) is 0 Å². The second-order valence-corrected chi connectivity index (χ2v) is 9.36. The van der Waals surface area contributed by atoms with Gasteiger partial charge in [0.25, 0.3) is 5.89 Å². The maximum atomic E-state index is 13.9. The van der Waals surface area contributed by atoms with Crippen molar-refractivity contribution in [3.8, 4) is 33.7 Å². The van der Waals surface area contributed by atoms with Gasteiger partial charge in [-0.2, -0.15) is 9.37 Å². The number of carboxylic acid groups (broad SMARTS) is 1. The Morgan fingerprint density at radius 3 is 2.72 bits per heavy atom. The van der Waals surface area contributed by atoms with Gasteiger partial charge >= 0.3 is 6.16 Å². The molecule has 11 heteroatoms. The normalized spacial score (nSPS) is 14.0. The minimum atomic E-state index is -1.25. The van der Waals surface area contributed by atoms with Crippen molar-refractivity contribution >= 4 is 17.5 Å². The second kappa shape index (κ2) is 10.0. The van der Waals surface area contributed by atoms with E-state index in [0.29, 0.717) is 42.7 Å². The number of likely N-dealkylation sites (tertiary alicyclic amines) is 1. The summed E-state index contributed by atoms with van der Waals surface area (Å²) in [7, 11) is 0. The number of thiophene rings is 1. The highest BCUT2D eigenvalue weighted by molar-refractivity contribution is 7.15. The quantitative estimate of drug-likeness (QED) is 0.288. The summed E-state index contributed by atoms with van der Waals surface area (Å²) in [6.07, 6.45) is -0.734. The molecule has 1 aliphatic heterocycles. The summed E-state index contributed by atoms with van der Waals surface area (Å²) >= 11 is 1.57. The molecule has 0 spiro atoms. The predicted molar refractivity (Wildman–Crippen MR) is 127 cm³/mol. The SMILES string of the molecule is CCc1cc(CN2CC(OC(=O)O)C2)sc1-c1noc(-c2ccc(Oc3cccc(F)c3F)cc2)n1. The fourth-order valence-electron chi connectivity index (χ4n) is 3.89. The van der Waals surface area contributed by atoms with Crippen molar-refractivity contribution in [2.75, 3.05) is 13.1 Å². The van der Waals surface area contributed by atoms with Crippen LogP contribution in [-0.4, -0.2) is 45.5 Å². The monoisotopic (exact) mass is 513 g/mol. The third-order valence-electron chi connectivity index (χ3n) is 5.69. The number of hydrogen-bond donors (Lipinski definition) is 1. The van der Waals surface area contributed by atoms with Crippen LogP contribution >= 0.6 is 11.3 Å². The van der Waals surface area contributed by atoms with Crippen LogP contribution in [0.5, 0.6) is 11.5 Å². The van der Waals surface area contributed by atoms with Gasteiger partial charge in [0.2, 0.25) is 11.6 Å². The molecule has 8 nitrogen and oxygen atoms in total. The lowest BCUT2D eigenvalue weighted by Crippen LogP contribution is -2.51. The molecule has 3 heterocycles. The number of hydrogen-bond acceptors (Lipinski definition) is 8. The van der Waals surface area contributed by atoms with Crippen molar-refractivity contribution in [2.24, 2.45) is 0 Å². The molecule has 0 atom stereocenters. The maximum absolute atomic E-state index is 13.9. The van der Waals surface area contributed by atoms with Gasteiger partial charge in [-0.25, -0.2) is 9.18 Å². The number of rotatable bonds is 8. The summed E-state index contributed by atoms with van der Waals surface area (Å²) in [5.74, 6) is -1.09. The molecule has 0 unspecified atom stereocenters. The molecule has 4 aromatic rings. The summed E-state index contributed by atoms with van der Waals surface area (Å²) < 4.78 is 42.9. The Kier molecular flexibility index (Phi) is 6.66. The van der Waals surface area contributed by atoms with Crippen molar-refractivity contribution in [1.29, 1.82) is 0 Å². The molecule has 2 aromatic carbocycles. The van der Waals surface area contributed by atoms with Crippen LogP contribution in [0.4, 0.5) is 13.6 Å². The van der Waals surface area contributed by atoms with Gasteiger partial charge in [-0.1, -0.05) is 18.1 Å². The molecule has 1 N–H and O–H groups in total. The lowest BCUT2D eigenvalue weighted by molar-refractivity contribution is -0.0359. The van der Waals surface area contributed by atoms with Gasteiger partial charge in [0.05, 0.1) is 4.88 Å². The minimum absolute atomic E-state index is 0.202. The van der Waals surface area contributed by atoms with Crippen molar-refractivity contribution in [3.05, 3.63) is 70.6 Å². The van der Waals surface area contributed by atoms with E-state index in [1.165, 1.54) is 12.1 Å². The van der Waals surface area contributed by atoms with E-state index >= 15 is 0 Å². The molecule has 1 aliphatic rings. The van der Waals surface area contributed by atoms with Gasteiger partial charge in [-0.3, -0.25) is 4.90 Å². The number of halogens is 2. The lowest BCUT2D eigenvalue weighted by atomic mass is 10.1. The second-order valence-electron chi connectivity index (χ2n) is 8.22. The summed E-state index contributed by atoms with van der Waals surface area (Å²) in [4.78, 5) is 19.3. The lowest BCUT2D eigenvalue weighted by Gasteiger charge is -2.37. The zero-order chi connectivity index (χ0) is 25.2. The van der Waals surface area contributed by atoms with Gasteiger partial charge in [-0.15, -0.1) is 11.3 Å². The highest BCUT2D eigenvalue weighted by atomic mass is 32.1. The average Bonchev–Trinajstić information content (AvgIpc) is 3.48. The van der Waals surface area contributed by atoms with Gasteiger partial charge in [-0.05, 0) is 54.4 Å². The largest absolute Gasteiger partial charge is 0.506 e. The molecular weight excluding hydrogens is 492 g/mol. The van der Waals surface area contributed by atoms with E-state index in [-0.39, 0.29) is 11.9 Å². The summed E-state index contributed by atoms with van der Waals surface area (Å²) in [5.41, 5.74) is 1.75. The third kappa shape index (κ3) is 5.07. The number of nitrogens with zero attached hydrogens (tertiary/aromatic N) is 3. The van der Waals surface area contributed by atoms with Crippen molar-refractivity contribution < 1.29 is 32.7 Å². The van der Waals surface area contributed by atoms with Crippen molar-refractivity contribution in [1.82, 2.24) is 15.0 Å². The van der Waals surface area contributed by atoms with E-state index < -0.39 is 17.8 Å². The molecule has 0 bridgehead atoms. The molecule has 2 aromatic heterocycles.